The molecule has 0 spiro atoms. The molecule has 0 heterocycles. The zero-order chi connectivity index (χ0) is 33.0. The summed E-state index contributed by atoms with van der Waals surface area (Å²) >= 11 is 0. The van der Waals surface area contributed by atoms with Crippen molar-refractivity contribution in [2.75, 3.05) is 0 Å². The van der Waals surface area contributed by atoms with Gasteiger partial charge in [0.2, 0.25) is 0 Å². The average molecular weight is 667 g/mol. The highest BCUT2D eigenvalue weighted by atomic mass is 32.2. The lowest BCUT2D eigenvalue weighted by Crippen LogP contribution is -2.05. The van der Waals surface area contributed by atoms with Gasteiger partial charge in [-0.25, -0.2) is 0 Å². The van der Waals surface area contributed by atoms with Gasteiger partial charge in [-0.05, 0) is 61.1 Å². The Labute approximate surface area is 274 Å². The number of ether oxygens (including phenoxy) is 1. The predicted molar refractivity (Wildman–Crippen MR) is 184 cm³/mol. The lowest BCUT2D eigenvalue weighted by Gasteiger charge is -2.15. The fourth-order valence-electron chi connectivity index (χ4n) is 5.75. The van der Waals surface area contributed by atoms with Crippen molar-refractivity contribution in [1.82, 2.24) is 0 Å². The van der Waals surface area contributed by atoms with Gasteiger partial charge in [-0.3, -0.25) is 9.11 Å². The monoisotopic (exact) mass is 666 g/mol. The summed E-state index contributed by atoms with van der Waals surface area (Å²) in [5, 5.41) is 0. The molecule has 256 valence electrons. The van der Waals surface area contributed by atoms with Crippen LogP contribution in [-0.2, 0) is 33.1 Å². The molecule has 0 aliphatic heterocycles. The molecular formula is C36H58O7S2. The number of hydrogen-bond donors (Lipinski definition) is 2. The minimum atomic E-state index is -4.64. The quantitative estimate of drug-likeness (QED) is 0.0757. The first-order chi connectivity index (χ1) is 21.6. The van der Waals surface area contributed by atoms with Crippen molar-refractivity contribution in [2.24, 2.45) is 0 Å². The Morgan fingerprint density at radius 2 is 0.756 bits per heavy atom. The highest BCUT2D eigenvalue weighted by Crippen LogP contribution is 2.35. The topological polar surface area (TPSA) is 118 Å². The van der Waals surface area contributed by atoms with Crippen LogP contribution in [0.3, 0.4) is 0 Å². The third kappa shape index (κ3) is 16.4. The predicted octanol–water partition coefficient (Wildman–Crippen LogP) is 10.9. The van der Waals surface area contributed by atoms with Crippen molar-refractivity contribution in [3.05, 3.63) is 47.5 Å². The summed E-state index contributed by atoms with van der Waals surface area (Å²) in [6.45, 7) is 4.44. The van der Waals surface area contributed by atoms with Crippen LogP contribution < -0.4 is 4.74 Å². The van der Waals surface area contributed by atoms with E-state index in [4.69, 9.17) is 4.74 Å². The van der Waals surface area contributed by atoms with Crippen LogP contribution in [-0.4, -0.2) is 25.9 Å². The van der Waals surface area contributed by atoms with Gasteiger partial charge in [0, 0.05) is 0 Å². The summed E-state index contributed by atoms with van der Waals surface area (Å²) in [6.07, 6.45) is 25.5. The SMILES string of the molecule is CCCCCCCCCCCCc1ccc(S(=O)(=O)O)c(Oc2cc(CCCCCCCCCCCC)ccc2S(=O)(=O)O)c1. The molecule has 0 amide bonds. The van der Waals surface area contributed by atoms with Crippen LogP contribution in [0.2, 0.25) is 0 Å². The largest absolute Gasteiger partial charge is 0.454 e. The Kier molecular flexibility index (Phi) is 19.0. The molecular weight excluding hydrogens is 609 g/mol. The van der Waals surface area contributed by atoms with E-state index in [0.717, 1.165) is 49.7 Å². The van der Waals surface area contributed by atoms with E-state index in [2.05, 4.69) is 13.8 Å². The molecule has 2 N–H and O–H groups in total. The Morgan fingerprint density at radius 1 is 0.467 bits per heavy atom. The minimum Gasteiger partial charge on any atom is -0.454 e. The van der Waals surface area contributed by atoms with Crippen molar-refractivity contribution in [1.29, 1.82) is 0 Å². The van der Waals surface area contributed by atoms with Crippen LogP contribution in [0.1, 0.15) is 153 Å². The van der Waals surface area contributed by atoms with Crippen molar-refractivity contribution >= 4 is 20.2 Å². The van der Waals surface area contributed by atoms with E-state index in [0.29, 0.717) is 12.8 Å². The van der Waals surface area contributed by atoms with Crippen molar-refractivity contribution in [3.8, 4) is 11.5 Å². The Bertz CT molecular complexity index is 1220. The molecule has 0 saturated heterocycles. The van der Waals surface area contributed by atoms with Gasteiger partial charge in [0.25, 0.3) is 20.2 Å². The molecule has 2 aromatic rings. The van der Waals surface area contributed by atoms with E-state index in [-0.39, 0.29) is 11.5 Å². The molecule has 0 atom stereocenters. The van der Waals surface area contributed by atoms with E-state index in [1.54, 1.807) is 24.3 Å². The smallest absolute Gasteiger partial charge is 0.298 e. The third-order valence-electron chi connectivity index (χ3n) is 8.43. The molecule has 0 bridgehead atoms. The fraction of sp³-hybridized carbons (Fsp3) is 0.667. The van der Waals surface area contributed by atoms with Gasteiger partial charge < -0.3 is 4.74 Å². The van der Waals surface area contributed by atoms with Crippen LogP contribution in [0, 0.1) is 0 Å². The highest BCUT2D eigenvalue weighted by molar-refractivity contribution is 7.86. The van der Waals surface area contributed by atoms with Gasteiger partial charge in [-0.1, -0.05) is 142 Å². The van der Waals surface area contributed by atoms with Crippen molar-refractivity contribution < 1.29 is 30.7 Å². The molecule has 0 aliphatic rings. The van der Waals surface area contributed by atoms with Gasteiger partial charge >= 0.3 is 0 Å². The third-order valence-corrected chi connectivity index (χ3v) is 10.2. The molecule has 0 radical (unpaired) electrons. The number of aryl methyl sites for hydroxylation is 2. The number of hydrogen-bond acceptors (Lipinski definition) is 5. The first-order valence-electron chi connectivity index (χ1n) is 17.4. The summed E-state index contributed by atoms with van der Waals surface area (Å²) in [5.41, 5.74) is 1.65. The lowest BCUT2D eigenvalue weighted by molar-refractivity contribution is 0.433. The number of benzene rings is 2. The van der Waals surface area contributed by atoms with Crippen LogP contribution >= 0.6 is 0 Å². The van der Waals surface area contributed by atoms with Crippen LogP contribution in [0.4, 0.5) is 0 Å². The zero-order valence-electron chi connectivity index (χ0n) is 27.8. The van der Waals surface area contributed by atoms with Crippen LogP contribution in [0.15, 0.2) is 46.2 Å². The van der Waals surface area contributed by atoms with Gasteiger partial charge in [0.05, 0.1) is 0 Å². The van der Waals surface area contributed by atoms with Gasteiger partial charge in [-0.15, -0.1) is 0 Å². The maximum atomic E-state index is 12.2. The molecule has 2 rings (SSSR count). The molecule has 0 aliphatic carbocycles. The Balaban J connectivity index is 2.02. The van der Waals surface area contributed by atoms with E-state index in [1.165, 1.54) is 102 Å². The first kappa shape index (κ1) is 39.2. The van der Waals surface area contributed by atoms with Gasteiger partial charge in [0.1, 0.15) is 21.3 Å². The molecule has 0 fully saturated rings. The Morgan fingerprint density at radius 3 is 1.04 bits per heavy atom. The maximum Gasteiger partial charge on any atom is 0.298 e. The van der Waals surface area contributed by atoms with E-state index >= 15 is 0 Å². The second-order valence-corrected chi connectivity index (χ2v) is 15.3. The summed E-state index contributed by atoms with van der Waals surface area (Å²) in [4.78, 5) is -0.897. The summed E-state index contributed by atoms with van der Waals surface area (Å²) in [6, 6.07) is 8.96. The number of unbranched alkanes of at least 4 members (excludes halogenated alkanes) is 18. The zero-order valence-corrected chi connectivity index (χ0v) is 29.4. The lowest BCUT2D eigenvalue weighted by atomic mass is 10.0. The Hall–Kier alpha value is -1.94. The molecule has 7 nitrogen and oxygen atoms in total. The van der Waals surface area contributed by atoms with Gasteiger partial charge in [-0.2, -0.15) is 16.8 Å². The minimum absolute atomic E-state index is 0.164. The second kappa shape index (κ2) is 21.8. The summed E-state index contributed by atoms with van der Waals surface area (Å²) in [5.74, 6) is -0.328. The van der Waals surface area contributed by atoms with E-state index in [1.807, 2.05) is 0 Å². The molecule has 45 heavy (non-hydrogen) atoms. The van der Waals surface area contributed by atoms with Crippen molar-refractivity contribution in [3.63, 3.8) is 0 Å². The second-order valence-electron chi connectivity index (χ2n) is 12.5. The molecule has 0 saturated carbocycles. The summed E-state index contributed by atoms with van der Waals surface area (Å²) < 4.78 is 74.3. The van der Waals surface area contributed by atoms with E-state index in [9.17, 15) is 25.9 Å². The first-order valence-corrected chi connectivity index (χ1v) is 20.3. The number of rotatable bonds is 26. The van der Waals surface area contributed by atoms with Gasteiger partial charge in [0.15, 0.2) is 0 Å². The van der Waals surface area contributed by atoms with Crippen LogP contribution in [0.25, 0.3) is 0 Å². The fourth-order valence-corrected chi connectivity index (χ4v) is 6.94. The molecule has 2 aromatic carbocycles. The molecule has 0 unspecified atom stereocenters. The van der Waals surface area contributed by atoms with Crippen LogP contribution in [0.5, 0.6) is 11.5 Å². The highest BCUT2D eigenvalue weighted by Gasteiger charge is 2.22. The summed E-state index contributed by atoms with van der Waals surface area (Å²) in [7, 11) is -9.28. The average Bonchev–Trinajstić information content (AvgIpc) is 2.98. The molecule has 0 aromatic heterocycles. The van der Waals surface area contributed by atoms with Crippen molar-refractivity contribution in [2.45, 2.75) is 165 Å². The standard InChI is InChI=1S/C36H58O7S2/c1-3-5-7-9-11-13-15-17-19-21-23-31-25-27-35(44(37,38)39)33(29-31)43-34-30-32(26-28-36(34)45(40,41)42)24-22-20-18-16-14-12-10-8-6-4-2/h25-30H,3-24H2,1-2H3,(H,37,38,39)(H,40,41,42). The molecule has 9 heteroatoms. The maximum absolute atomic E-state index is 12.2. The normalized spacial score (nSPS) is 12.1. The van der Waals surface area contributed by atoms with E-state index < -0.39 is 30.0 Å².